The smallest absolute Gasteiger partial charge is 0.325 e. The van der Waals surface area contributed by atoms with Crippen LogP contribution in [0.15, 0.2) is 47.4 Å². The van der Waals surface area contributed by atoms with Crippen molar-refractivity contribution in [3.05, 3.63) is 42.5 Å². The number of hydrogen-bond acceptors (Lipinski definition) is 7. The van der Waals surface area contributed by atoms with Crippen LogP contribution in [0, 0.1) is 0 Å². The molecule has 0 saturated carbocycles. The third-order valence-corrected chi connectivity index (χ3v) is 5.93. The Hall–Kier alpha value is -2.98. The molecule has 10 heteroatoms. The summed E-state index contributed by atoms with van der Waals surface area (Å²) in [4.78, 5) is 38.1. The van der Waals surface area contributed by atoms with Gasteiger partial charge in [0.25, 0.3) is 0 Å². The van der Waals surface area contributed by atoms with E-state index in [-0.39, 0.29) is 11.5 Å². The highest BCUT2D eigenvalue weighted by Gasteiger charge is 2.32. The lowest BCUT2D eigenvalue weighted by atomic mass is 10.1. The topological polar surface area (TPSA) is 119 Å². The van der Waals surface area contributed by atoms with Gasteiger partial charge in [-0.2, -0.15) is 4.72 Å². The second-order valence-corrected chi connectivity index (χ2v) is 10.2. The van der Waals surface area contributed by atoms with Crippen LogP contribution in [-0.2, 0) is 33.9 Å². The zero-order valence-corrected chi connectivity index (χ0v) is 20.3. The van der Waals surface area contributed by atoms with E-state index in [1.54, 1.807) is 45.9 Å². The highest BCUT2D eigenvalue weighted by atomic mass is 32.2. The number of likely N-dealkylation sites (N-methyl/N-ethyl adjacent to an activating group) is 1. The van der Waals surface area contributed by atoms with E-state index in [2.05, 4.69) is 4.72 Å². The van der Waals surface area contributed by atoms with Gasteiger partial charge < -0.3 is 14.4 Å². The Labute approximate surface area is 194 Å². The lowest BCUT2D eigenvalue weighted by Gasteiger charge is -2.25. The molecule has 0 bridgehead atoms. The lowest BCUT2D eigenvalue weighted by molar-refractivity contribution is -0.157. The van der Waals surface area contributed by atoms with E-state index in [0.29, 0.717) is 5.39 Å². The molecule has 0 aromatic heterocycles. The monoisotopic (exact) mass is 478 g/mol. The van der Waals surface area contributed by atoms with Gasteiger partial charge in [0.2, 0.25) is 15.9 Å². The first-order chi connectivity index (χ1) is 15.3. The summed E-state index contributed by atoms with van der Waals surface area (Å²) < 4.78 is 38.6. The molecule has 0 aliphatic rings. The Balaban J connectivity index is 2.31. The van der Waals surface area contributed by atoms with Crippen LogP contribution in [0.25, 0.3) is 10.8 Å². The molecule has 1 N–H and O–H groups in total. The number of carbonyl (C=O) groups excluding carboxylic acids is 3. The first-order valence-corrected chi connectivity index (χ1v) is 11.9. The predicted octanol–water partition coefficient (Wildman–Crippen LogP) is 2.24. The number of rotatable bonds is 9. The van der Waals surface area contributed by atoms with Crippen LogP contribution in [0.1, 0.15) is 34.1 Å². The van der Waals surface area contributed by atoms with Crippen LogP contribution in [0.2, 0.25) is 0 Å². The molecule has 1 atom stereocenters. The van der Waals surface area contributed by atoms with Crippen molar-refractivity contribution in [2.45, 2.75) is 50.7 Å². The molecule has 180 valence electrons. The van der Waals surface area contributed by atoms with E-state index >= 15 is 0 Å². The molecule has 2 rings (SSSR count). The van der Waals surface area contributed by atoms with Crippen LogP contribution in [0.5, 0.6) is 0 Å². The number of carbonyl (C=O) groups is 3. The van der Waals surface area contributed by atoms with E-state index in [0.717, 1.165) is 10.3 Å². The van der Waals surface area contributed by atoms with Crippen molar-refractivity contribution >= 4 is 38.6 Å². The number of hydrogen-bond donors (Lipinski definition) is 1. The summed E-state index contributed by atoms with van der Waals surface area (Å²) in [5.74, 6) is -2.17. The van der Waals surface area contributed by atoms with Crippen molar-refractivity contribution in [3.63, 3.8) is 0 Å². The summed E-state index contributed by atoms with van der Waals surface area (Å²) in [5.41, 5.74) is -0.821. The van der Waals surface area contributed by atoms with Gasteiger partial charge >= 0.3 is 11.9 Å². The number of ether oxygens (including phenoxy) is 2. The molecule has 0 aliphatic heterocycles. The maximum atomic E-state index is 13.1. The summed E-state index contributed by atoms with van der Waals surface area (Å²) in [7, 11) is -2.85. The fourth-order valence-corrected chi connectivity index (χ4v) is 4.29. The van der Waals surface area contributed by atoms with Gasteiger partial charge in [0.05, 0.1) is 17.9 Å². The zero-order valence-electron chi connectivity index (χ0n) is 19.5. The Morgan fingerprint density at radius 1 is 1.03 bits per heavy atom. The van der Waals surface area contributed by atoms with Crippen LogP contribution in [0.3, 0.4) is 0 Å². The number of fused-ring (bicyclic) bond motifs is 1. The first-order valence-electron chi connectivity index (χ1n) is 10.5. The Morgan fingerprint density at radius 3 is 2.27 bits per heavy atom. The summed E-state index contributed by atoms with van der Waals surface area (Å²) in [6.07, 6.45) is -0.546. The maximum Gasteiger partial charge on any atom is 0.325 e. The van der Waals surface area contributed by atoms with E-state index in [4.69, 9.17) is 9.47 Å². The average molecular weight is 479 g/mol. The first kappa shape index (κ1) is 26.3. The molecule has 33 heavy (non-hydrogen) atoms. The van der Waals surface area contributed by atoms with Crippen molar-refractivity contribution in [2.75, 3.05) is 20.2 Å². The molecule has 0 saturated heterocycles. The molecule has 0 aliphatic carbocycles. The van der Waals surface area contributed by atoms with Gasteiger partial charge in [-0.1, -0.05) is 30.3 Å². The van der Waals surface area contributed by atoms with Gasteiger partial charge in [0.15, 0.2) is 0 Å². The van der Waals surface area contributed by atoms with Crippen LogP contribution in [0.4, 0.5) is 0 Å². The van der Waals surface area contributed by atoms with Crippen molar-refractivity contribution in [3.8, 4) is 0 Å². The molecule has 0 radical (unpaired) electrons. The molecule has 0 unspecified atom stereocenters. The standard InChI is InChI=1S/C23H30N2O7S/c1-6-31-21(27)15-25(5)22(28)19(14-20(26)32-23(2,3)4)24-33(29,30)18-12-11-16-9-7-8-10-17(16)13-18/h7-13,19,24H,6,14-15H2,1-5H3/t19-/m0/s1. The number of nitrogens with one attached hydrogen (secondary N) is 1. The van der Waals surface area contributed by atoms with Crippen LogP contribution in [-0.4, -0.2) is 63.0 Å². The van der Waals surface area contributed by atoms with Gasteiger partial charge in [-0.15, -0.1) is 0 Å². The second-order valence-electron chi connectivity index (χ2n) is 8.47. The highest BCUT2D eigenvalue weighted by Crippen LogP contribution is 2.20. The van der Waals surface area contributed by atoms with Gasteiger partial charge in [0.1, 0.15) is 18.2 Å². The van der Waals surface area contributed by atoms with E-state index in [1.807, 2.05) is 12.1 Å². The lowest BCUT2D eigenvalue weighted by Crippen LogP contribution is -2.50. The highest BCUT2D eigenvalue weighted by molar-refractivity contribution is 7.89. The second kappa shape index (κ2) is 10.8. The minimum absolute atomic E-state index is 0.0590. The van der Waals surface area contributed by atoms with Crippen molar-refractivity contribution in [2.24, 2.45) is 0 Å². The molecule has 0 fully saturated rings. The van der Waals surface area contributed by atoms with E-state index in [9.17, 15) is 22.8 Å². The zero-order chi connectivity index (χ0) is 24.8. The molecule has 9 nitrogen and oxygen atoms in total. The summed E-state index contributed by atoms with van der Waals surface area (Å²) >= 11 is 0. The number of benzene rings is 2. The van der Waals surface area contributed by atoms with E-state index in [1.165, 1.54) is 19.2 Å². The van der Waals surface area contributed by atoms with E-state index < -0.39 is 52.5 Å². The van der Waals surface area contributed by atoms with Crippen molar-refractivity contribution < 1.29 is 32.3 Å². The largest absolute Gasteiger partial charge is 0.465 e. The number of sulfonamides is 1. The number of esters is 2. The average Bonchev–Trinajstić information content (AvgIpc) is 2.70. The SMILES string of the molecule is CCOC(=O)CN(C)C(=O)[C@H](CC(=O)OC(C)(C)C)NS(=O)(=O)c1ccc2ccccc2c1. The molecule has 2 aromatic carbocycles. The molecule has 0 spiro atoms. The van der Waals surface area contributed by atoms with Crippen molar-refractivity contribution in [1.82, 2.24) is 9.62 Å². The normalized spacial score (nSPS) is 12.8. The van der Waals surface area contributed by atoms with Gasteiger partial charge in [-0.3, -0.25) is 14.4 Å². The minimum Gasteiger partial charge on any atom is -0.465 e. The molecular weight excluding hydrogens is 448 g/mol. The van der Waals surface area contributed by atoms with Gasteiger partial charge in [-0.25, -0.2) is 8.42 Å². The fourth-order valence-electron chi connectivity index (χ4n) is 3.06. The van der Waals surface area contributed by atoms with Crippen molar-refractivity contribution in [1.29, 1.82) is 0 Å². The molecular formula is C23H30N2O7S. The summed E-state index contributed by atoms with van der Waals surface area (Å²) in [5, 5.41) is 1.56. The Bertz CT molecular complexity index is 1120. The molecule has 0 heterocycles. The van der Waals surface area contributed by atoms with Gasteiger partial charge in [0, 0.05) is 7.05 Å². The third-order valence-electron chi connectivity index (χ3n) is 4.47. The molecule has 2 aromatic rings. The summed E-state index contributed by atoms with van der Waals surface area (Å²) in [6, 6.07) is 10.3. The predicted molar refractivity (Wildman–Crippen MR) is 123 cm³/mol. The van der Waals surface area contributed by atoms with Crippen LogP contribution >= 0.6 is 0 Å². The Morgan fingerprint density at radius 2 is 1.67 bits per heavy atom. The Kier molecular flexibility index (Phi) is 8.57. The minimum atomic E-state index is -4.18. The van der Waals surface area contributed by atoms with Gasteiger partial charge in [-0.05, 0) is 50.6 Å². The fraction of sp³-hybridized carbons (Fsp3) is 0.435. The maximum absolute atomic E-state index is 13.1. The number of amides is 1. The molecule has 1 amide bonds. The number of nitrogens with zero attached hydrogens (tertiary/aromatic N) is 1. The third kappa shape index (κ3) is 7.83. The summed E-state index contributed by atoms with van der Waals surface area (Å²) in [6.45, 7) is 6.35. The quantitative estimate of drug-likeness (QED) is 0.549. The van der Waals surface area contributed by atoms with Crippen LogP contribution < -0.4 is 4.72 Å².